The van der Waals surface area contributed by atoms with Crippen molar-refractivity contribution in [2.24, 2.45) is 0 Å². The number of hydrogen-bond donors (Lipinski definition) is 1. The van der Waals surface area contributed by atoms with Gasteiger partial charge in [-0.15, -0.1) is 0 Å². The number of amides is 1. The molecule has 0 radical (unpaired) electrons. The monoisotopic (exact) mass is 418 g/mol. The van der Waals surface area contributed by atoms with Crippen LogP contribution in [0.15, 0.2) is 28.7 Å². The maximum Gasteiger partial charge on any atom is 0.235 e. The lowest BCUT2D eigenvalue weighted by Crippen LogP contribution is -2.47. The van der Waals surface area contributed by atoms with Crippen LogP contribution in [-0.2, 0) is 25.0 Å². The third-order valence-corrected chi connectivity index (χ3v) is 6.20. The van der Waals surface area contributed by atoms with Gasteiger partial charge < -0.3 is 10.1 Å². The molecule has 0 unspecified atom stereocenters. The molecular formula is C16H23BrN2O4S. The third kappa shape index (κ3) is 5.02. The van der Waals surface area contributed by atoms with E-state index in [0.717, 1.165) is 33.4 Å². The van der Waals surface area contributed by atoms with E-state index in [0.29, 0.717) is 19.8 Å². The summed E-state index contributed by atoms with van der Waals surface area (Å²) in [6, 6.07) is 8.08. The van der Waals surface area contributed by atoms with E-state index in [-0.39, 0.29) is 17.9 Å². The van der Waals surface area contributed by atoms with Gasteiger partial charge in [-0.25, -0.2) is 8.42 Å². The molecular weight excluding hydrogens is 396 g/mol. The number of nitrogens with one attached hydrogen (secondary N) is 1. The fraction of sp³-hybridized carbons (Fsp3) is 0.562. The Morgan fingerprint density at radius 1 is 1.38 bits per heavy atom. The van der Waals surface area contributed by atoms with Crippen LogP contribution < -0.4 is 5.32 Å². The predicted molar refractivity (Wildman–Crippen MR) is 96.4 cm³/mol. The van der Waals surface area contributed by atoms with E-state index in [1.807, 2.05) is 12.1 Å². The molecule has 0 spiro atoms. The second kappa shape index (κ2) is 7.95. The Labute approximate surface area is 151 Å². The maximum absolute atomic E-state index is 12.1. The van der Waals surface area contributed by atoms with Gasteiger partial charge in [0, 0.05) is 36.7 Å². The van der Waals surface area contributed by atoms with Gasteiger partial charge in [-0.05, 0) is 30.5 Å². The number of hydrogen-bond acceptors (Lipinski definition) is 4. The van der Waals surface area contributed by atoms with E-state index in [1.165, 1.54) is 7.05 Å². The molecule has 0 saturated carbocycles. The maximum atomic E-state index is 12.1. The largest absolute Gasteiger partial charge is 0.381 e. The summed E-state index contributed by atoms with van der Waals surface area (Å²) in [6.45, 7) is 1.57. The van der Waals surface area contributed by atoms with Crippen molar-refractivity contribution in [1.82, 2.24) is 9.62 Å². The Bertz CT molecular complexity index is 687. The van der Waals surface area contributed by atoms with Gasteiger partial charge in [0.25, 0.3) is 0 Å². The highest BCUT2D eigenvalue weighted by Gasteiger charge is 2.35. The van der Waals surface area contributed by atoms with Crippen LogP contribution >= 0.6 is 15.9 Å². The summed E-state index contributed by atoms with van der Waals surface area (Å²) in [7, 11) is -1.97. The number of nitrogens with zero attached hydrogens (tertiary/aromatic N) is 1. The molecule has 0 aromatic heterocycles. The minimum Gasteiger partial charge on any atom is -0.381 e. The Balaban J connectivity index is 2.09. The van der Waals surface area contributed by atoms with E-state index >= 15 is 0 Å². The van der Waals surface area contributed by atoms with Gasteiger partial charge in [0.1, 0.15) is 0 Å². The fourth-order valence-corrected chi connectivity index (χ4v) is 3.54. The predicted octanol–water partition coefficient (Wildman–Crippen LogP) is 1.50. The molecule has 0 bridgehead atoms. The quantitative estimate of drug-likeness (QED) is 0.759. The van der Waals surface area contributed by atoms with E-state index in [2.05, 4.69) is 33.4 Å². The highest BCUT2D eigenvalue weighted by Crippen LogP contribution is 2.35. The first-order valence-electron chi connectivity index (χ1n) is 7.75. The third-order valence-electron chi connectivity index (χ3n) is 4.44. The summed E-state index contributed by atoms with van der Waals surface area (Å²) < 4.78 is 30.4. The molecule has 1 amide bonds. The summed E-state index contributed by atoms with van der Waals surface area (Å²) in [6.07, 6.45) is 2.71. The number of carbonyl (C=O) groups is 1. The number of carbonyl (C=O) groups excluding carboxylic acids is 1. The molecule has 8 heteroatoms. The Hall–Kier alpha value is -0.960. The highest BCUT2D eigenvalue weighted by atomic mass is 79.9. The van der Waals surface area contributed by atoms with E-state index in [1.54, 1.807) is 0 Å². The van der Waals surface area contributed by atoms with Crippen molar-refractivity contribution in [3.63, 3.8) is 0 Å². The zero-order valence-electron chi connectivity index (χ0n) is 13.9. The van der Waals surface area contributed by atoms with Gasteiger partial charge in [-0.3, -0.25) is 4.79 Å². The first-order chi connectivity index (χ1) is 11.2. The number of benzene rings is 1. The Morgan fingerprint density at radius 3 is 2.62 bits per heavy atom. The number of ether oxygens (including phenoxy) is 1. The molecule has 0 aliphatic carbocycles. The van der Waals surface area contributed by atoms with E-state index < -0.39 is 10.0 Å². The fourth-order valence-electron chi connectivity index (χ4n) is 2.79. The second-order valence-corrected chi connectivity index (χ2v) is 9.20. The van der Waals surface area contributed by atoms with Crippen molar-refractivity contribution >= 4 is 31.9 Å². The average Bonchev–Trinajstić information content (AvgIpc) is 2.53. The molecule has 0 atom stereocenters. The second-order valence-electron chi connectivity index (χ2n) is 6.20. The van der Waals surface area contributed by atoms with Crippen molar-refractivity contribution in [3.8, 4) is 0 Å². The SMILES string of the molecule is CN(CC(=O)NCC1(c2cccc(Br)c2)CCOCC1)S(C)(=O)=O. The summed E-state index contributed by atoms with van der Waals surface area (Å²) in [5.74, 6) is -0.302. The normalized spacial score (nSPS) is 17.7. The van der Waals surface area contributed by atoms with Crippen LogP contribution in [0.2, 0.25) is 0 Å². The van der Waals surface area contributed by atoms with Gasteiger partial charge in [0.05, 0.1) is 12.8 Å². The number of halogens is 1. The van der Waals surface area contributed by atoms with Gasteiger partial charge in [-0.1, -0.05) is 28.1 Å². The summed E-state index contributed by atoms with van der Waals surface area (Å²) in [5, 5.41) is 2.90. The van der Waals surface area contributed by atoms with Crippen molar-refractivity contribution in [2.75, 3.05) is 39.6 Å². The van der Waals surface area contributed by atoms with Crippen molar-refractivity contribution in [1.29, 1.82) is 0 Å². The van der Waals surface area contributed by atoms with Gasteiger partial charge in [-0.2, -0.15) is 4.31 Å². The number of sulfonamides is 1. The molecule has 2 rings (SSSR count). The molecule has 1 aromatic carbocycles. The van der Waals surface area contributed by atoms with Crippen LogP contribution in [0.25, 0.3) is 0 Å². The summed E-state index contributed by atoms with van der Waals surface area (Å²) in [5.41, 5.74) is 0.957. The van der Waals surface area contributed by atoms with Crippen molar-refractivity contribution < 1.29 is 17.9 Å². The average molecular weight is 419 g/mol. The minimum atomic E-state index is -3.37. The van der Waals surface area contributed by atoms with Crippen LogP contribution in [0.5, 0.6) is 0 Å². The molecule has 1 aliphatic rings. The van der Waals surface area contributed by atoms with E-state index in [9.17, 15) is 13.2 Å². The Kier molecular flexibility index (Phi) is 6.41. The molecule has 1 fully saturated rings. The van der Waals surface area contributed by atoms with Crippen LogP contribution in [0.3, 0.4) is 0 Å². The lowest BCUT2D eigenvalue weighted by Gasteiger charge is -2.38. The lowest BCUT2D eigenvalue weighted by atomic mass is 9.74. The van der Waals surface area contributed by atoms with Crippen molar-refractivity contribution in [3.05, 3.63) is 34.3 Å². The first-order valence-corrected chi connectivity index (χ1v) is 10.4. The summed E-state index contributed by atoms with van der Waals surface area (Å²) in [4.78, 5) is 12.1. The van der Waals surface area contributed by atoms with E-state index in [4.69, 9.17) is 4.74 Å². The molecule has 1 aromatic rings. The molecule has 1 N–H and O–H groups in total. The van der Waals surface area contributed by atoms with Crippen LogP contribution in [0.4, 0.5) is 0 Å². The van der Waals surface area contributed by atoms with Gasteiger partial charge in [0.2, 0.25) is 15.9 Å². The molecule has 1 aliphatic heterocycles. The standard InChI is InChI=1S/C16H23BrN2O4S/c1-19(24(2,21)22)11-15(20)18-12-16(6-8-23-9-7-16)13-4-3-5-14(17)10-13/h3-5,10H,6-9,11-12H2,1-2H3,(H,18,20). The van der Waals surface area contributed by atoms with Crippen LogP contribution in [0.1, 0.15) is 18.4 Å². The molecule has 6 nitrogen and oxygen atoms in total. The first kappa shape index (κ1) is 19.4. The number of likely N-dealkylation sites (N-methyl/N-ethyl adjacent to an activating group) is 1. The molecule has 1 heterocycles. The van der Waals surface area contributed by atoms with Gasteiger partial charge >= 0.3 is 0 Å². The minimum absolute atomic E-state index is 0.177. The smallest absolute Gasteiger partial charge is 0.235 e. The zero-order chi connectivity index (χ0) is 17.8. The lowest BCUT2D eigenvalue weighted by molar-refractivity contribution is -0.121. The van der Waals surface area contributed by atoms with Gasteiger partial charge in [0.15, 0.2) is 0 Å². The highest BCUT2D eigenvalue weighted by molar-refractivity contribution is 9.10. The zero-order valence-corrected chi connectivity index (χ0v) is 16.3. The Morgan fingerprint density at radius 2 is 2.04 bits per heavy atom. The molecule has 24 heavy (non-hydrogen) atoms. The van der Waals surface area contributed by atoms with Crippen LogP contribution in [0, 0.1) is 0 Å². The van der Waals surface area contributed by atoms with Crippen LogP contribution in [-0.4, -0.2) is 58.2 Å². The number of rotatable bonds is 6. The summed E-state index contributed by atoms with van der Waals surface area (Å²) >= 11 is 3.50. The van der Waals surface area contributed by atoms with Crippen molar-refractivity contribution in [2.45, 2.75) is 18.3 Å². The topological polar surface area (TPSA) is 75.7 Å². The molecule has 1 saturated heterocycles. The molecule has 134 valence electrons.